The third kappa shape index (κ3) is 2.41. The molecule has 0 N–H and O–H groups in total. The molecule has 0 radical (unpaired) electrons. The van der Waals surface area contributed by atoms with E-state index in [0.29, 0.717) is 6.92 Å². The standard InChI is InChI=1S/C4H4BF3O2.2K/c1-3(5(9)10)2(6)4(3,7)8;;/h2H,1H3;;/q-2;2*+1. The van der Waals surface area contributed by atoms with Gasteiger partial charge in [0.05, 0.1) is 0 Å². The van der Waals surface area contributed by atoms with Crippen LogP contribution in [0.2, 0.25) is 5.31 Å². The second-order valence-electron chi connectivity index (χ2n) is 2.60. The molecule has 2 nitrogen and oxygen atoms in total. The molecule has 0 aromatic rings. The smallest absolute Gasteiger partial charge is 0.892 e. The van der Waals surface area contributed by atoms with Crippen molar-refractivity contribution >= 4 is 7.12 Å². The van der Waals surface area contributed by atoms with Crippen LogP contribution in [-0.2, 0) is 0 Å². The molecule has 1 saturated carbocycles. The monoisotopic (exact) mass is 230 g/mol. The number of alkyl halides is 3. The van der Waals surface area contributed by atoms with Gasteiger partial charge in [0.15, 0.2) is 6.17 Å². The molecule has 0 heterocycles. The van der Waals surface area contributed by atoms with Crippen LogP contribution in [0.4, 0.5) is 13.2 Å². The van der Waals surface area contributed by atoms with Crippen LogP contribution >= 0.6 is 0 Å². The molecule has 0 aromatic carbocycles. The number of hydrogen-bond acceptors (Lipinski definition) is 2. The van der Waals surface area contributed by atoms with Gasteiger partial charge >= 0.3 is 103 Å². The summed E-state index contributed by atoms with van der Waals surface area (Å²) in [5.41, 5.74) is 0. The number of halogens is 3. The van der Waals surface area contributed by atoms with Gasteiger partial charge in [0, 0.05) is 5.31 Å². The van der Waals surface area contributed by atoms with Crippen molar-refractivity contribution in [2.24, 2.45) is 0 Å². The fourth-order valence-corrected chi connectivity index (χ4v) is 0.776. The molecule has 12 heavy (non-hydrogen) atoms. The first-order valence-corrected chi connectivity index (χ1v) is 2.68. The molecule has 0 amide bonds. The van der Waals surface area contributed by atoms with E-state index in [9.17, 15) is 23.2 Å². The van der Waals surface area contributed by atoms with Crippen molar-refractivity contribution < 1.29 is 126 Å². The summed E-state index contributed by atoms with van der Waals surface area (Å²) >= 11 is 0. The quantitative estimate of drug-likeness (QED) is 0.420. The maximum atomic E-state index is 12.0. The van der Waals surface area contributed by atoms with E-state index in [1.165, 1.54) is 0 Å². The van der Waals surface area contributed by atoms with E-state index < -0.39 is 24.5 Å². The van der Waals surface area contributed by atoms with Gasteiger partial charge in [-0.3, -0.25) is 0 Å². The van der Waals surface area contributed by atoms with Crippen molar-refractivity contribution in [3.8, 4) is 0 Å². The summed E-state index contributed by atoms with van der Waals surface area (Å²) in [4.78, 5) is 0. The molecule has 1 rings (SSSR count). The van der Waals surface area contributed by atoms with Crippen LogP contribution in [0.15, 0.2) is 0 Å². The third-order valence-corrected chi connectivity index (χ3v) is 1.97. The van der Waals surface area contributed by atoms with E-state index in [2.05, 4.69) is 0 Å². The van der Waals surface area contributed by atoms with E-state index in [0.717, 1.165) is 0 Å². The van der Waals surface area contributed by atoms with Gasteiger partial charge in [0.25, 0.3) is 5.92 Å². The molecule has 0 saturated heterocycles. The first-order valence-electron chi connectivity index (χ1n) is 2.68. The predicted octanol–water partition coefficient (Wildman–Crippen LogP) is -7.05. The zero-order chi connectivity index (χ0) is 8.15. The molecular formula is C4H4BF3K2O2. The molecule has 58 valence electrons. The van der Waals surface area contributed by atoms with Crippen LogP contribution in [0, 0.1) is 0 Å². The molecule has 8 heteroatoms. The van der Waals surface area contributed by atoms with Gasteiger partial charge in [0.2, 0.25) is 0 Å². The third-order valence-electron chi connectivity index (χ3n) is 1.97. The van der Waals surface area contributed by atoms with Crippen molar-refractivity contribution in [1.82, 2.24) is 0 Å². The van der Waals surface area contributed by atoms with Crippen molar-refractivity contribution in [3.05, 3.63) is 0 Å². The first kappa shape index (κ1) is 17.4. The Labute approximate surface area is 154 Å². The minimum absolute atomic E-state index is 0. The zero-order valence-corrected chi connectivity index (χ0v) is 13.4. The number of hydrogen-bond donors (Lipinski definition) is 0. The summed E-state index contributed by atoms with van der Waals surface area (Å²) in [7, 11) is -2.79. The summed E-state index contributed by atoms with van der Waals surface area (Å²) < 4.78 is 36.1. The summed E-state index contributed by atoms with van der Waals surface area (Å²) in [5.74, 6) is -3.71. The van der Waals surface area contributed by atoms with Crippen molar-refractivity contribution in [1.29, 1.82) is 0 Å². The van der Waals surface area contributed by atoms with Crippen LogP contribution in [0.1, 0.15) is 6.92 Å². The summed E-state index contributed by atoms with van der Waals surface area (Å²) in [6, 6.07) is 0. The Hall–Kier alpha value is 3.05. The van der Waals surface area contributed by atoms with Gasteiger partial charge in [-0.2, -0.15) is 0 Å². The normalized spacial score (nSPS) is 36.0. The fraction of sp³-hybridized carbons (Fsp3) is 1.00. The Morgan fingerprint density at radius 3 is 1.50 bits per heavy atom. The van der Waals surface area contributed by atoms with E-state index in [4.69, 9.17) is 0 Å². The SMILES string of the molecule is CC1(B([O-])[O-])C(F)C1(F)F.[K+].[K+]. The summed E-state index contributed by atoms with van der Waals surface area (Å²) in [6.45, 7) is 0.669. The second kappa shape index (κ2) is 5.40. The first-order chi connectivity index (χ1) is 4.35. The van der Waals surface area contributed by atoms with E-state index in [1.807, 2.05) is 0 Å². The minimum Gasteiger partial charge on any atom is -0.892 e. The van der Waals surface area contributed by atoms with Crippen LogP contribution in [0.3, 0.4) is 0 Å². The Bertz CT molecular complexity index is 170. The Balaban J connectivity index is 0. The second-order valence-corrected chi connectivity index (χ2v) is 2.60. The zero-order valence-electron chi connectivity index (χ0n) is 7.11. The van der Waals surface area contributed by atoms with E-state index >= 15 is 0 Å². The molecule has 1 aliphatic rings. The molecule has 1 aliphatic carbocycles. The van der Waals surface area contributed by atoms with Crippen LogP contribution < -0.4 is 113 Å². The van der Waals surface area contributed by atoms with Gasteiger partial charge in [0.1, 0.15) is 0 Å². The van der Waals surface area contributed by atoms with Gasteiger partial charge in [-0.05, 0) is 0 Å². The van der Waals surface area contributed by atoms with E-state index in [1.54, 1.807) is 0 Å². The molecule has 2 atom stereocenters. The fourth-order valence-electron chi connectivity index (χ4n) is 0.776. The number of rotatable bonds is 1. The molecule has 1 fully saturated rings. The van der Waals surface area contributed by atoms with E-state index in [-0.39, 0.29) is 103 Å². The average Bonchev–Trinajstić information content (AvgIpc) is 2.16. The predicted molar refractivity (Wildman–Crippen MR) is 24.0 cm³/mol. The average molecular weight is 230 g/mol. The molecule has 0 spiro atoms. The van der Waals surface area contributed by atoms with Gasteiger partial charge in [-0.25, -0.2) is 13.2 Å². The molecular weight excluding hydrogens is 226 g/mol. The maximum absolute atomic E-state index is 12.0. The van der Waals surface area contributed by atoms with Crippen LogP contribution in [0.5, 0.6) is 0 Å². The van der Waals surface area contributed by atoms with Gasteiger partial charge in [-0.15, -0.1) is 0 Å². The van der Waals surface area contributed by atoms with Crippen LogP contribution in [0.25, 0.3) is 0 Å². The molecule has 0 aromatic heterocycles. The van der Waals surface area contributed by atoms with Crippen molar-refractivity contribution in [3.63, 3.8) is 0 Å². The summed E-state index contributed by atoms with van der Waals surface area (Å²) in [5, 5.41) is 17.4. The Morgan fingerprint density at radius 2 is 1.50 bits per heavy atom. The Kier molecular flexibility index (Phi) is 7.85. The largest absolute Gasteiger partial charge is 1.00 e. The topological polar surface area (TPSA) is 46.1 Å². The minimum atomic E-state index is -3.71. The maximum Gasteiger partial charge on any atom is 1.00 e. The van der Waals surface area contributed by atoms with Crippen molar-refractivity contribution in [2.45, 2.75) is 24.3 Å². The summed E-state index contributed by atoms with van der Waals surface area (Å²) in [6.07, 6.45) is -2.56. The Morgan fingerprint density at radius 1 is 1.25 bits per heavy atom. The molecule has 0 bridgehead atoms. The van der Waals surface area contributed by atoms with Crippen LogP contribution in [-0.4, -0.2) is 19.2 Å². The van der Waals surface area contributed by atoms with Crippen molar-refractivity contribution in [2.75, 3.05) is 0 Å². The molecule has 2 unspecified atom stereocenters. The molecule has 0 aliphatic heterocycles. The van der Waals surface area contributed by atoms with Gasteiger partial charge in [-0.1, -0.05) is 14.0 Å². The van der Waals surface area contributed by atoms with Gasteiger partial charge < -0.3 is 10.0 Å².